The predicted octanol–water partition coefficient (Wildman–Crippen LogP) is 3.89. The Morgan fingerprint density at radius 2 is 1.81 bits per heavy atom. The Bertz CT molecular complexity index is 1010. The number of rotatable bonds is 6. The van der Waals surface area contributed by atoms with Crippen molar-refractivity contribution in [3.63, 3.8) is 0 Å². The van der Waals surface area contributed by atoms with E-state index in [9.17, 15) is 8.78 Å². The molecular weight excluding hydrogens is 406 g/mol. The van der Waals surface area contributed by atoms with Crippen molar-refractivity contribution in [2.24, 2.45) is 0 Å². The molecule has 1 aliphatic rings. The Labute approximate surface area is 178 Å². The summed E-state index contributed by atoms with van der Waals surface area (Å²) in [5, 5.41) is 11.3. The number of halogens is 2. The smallest absolute Gasteiger partial charge is 0.387 e. The number of hydrogen-bond acceptors (Lipinski definition) is 8. The molecule has 8 nitrogen and oxygen atoms in total. The first-order valence-electron chi connectivity index (χ1n) is 9.85. The third kappa shape index (κ3) is 5.40. The van der Waals surface area contributed by atoms with Crippen LogP contribution < -0.4 is 15.0 Å². The molecule has 1 saturated heterocycles. The number of alkyl halides is 2. The molecular formula is C21H22F2N6O2. The van der Waals surface area contributed by atoms with Crippen LogP contribution >= 0.6 is 0 Å². The molecule has 2 atom stereocenters. The van der Waals surface area contributed by atoms with Gasteiger partial charge in [-0.25, -0.2) is 4.98 Å². The van der Waals surface area contributed by atoms with Gasteiger partial charge in [0.1, 0.15) is 11.6 Å². The van der Waals surface area contributed by atoms with Gasteiger partial charge in [0.15, 0.2) is 5.82 Å². The molecule has 31 heavy (non-hydrogen) atoms. The van der Waals surface area contributed by atoms with Crippen molar-refractivity contribution in [2.75, 3.05) is 23.3 Å². The van der Waals surface area contributed by atoms with Crippen molar-refractivity contribution >= 4 is 17.6 Å². The molecule has 0 saturated carbocycles. The van der Waals surface area contributed by atoms with Gasteiger partial charge in [-0.1, -0.05) is 12.1 Å². The summed E-state index contributed by atoms with van der Waals surface area (Å²) in [6.45, 7) is 2.63. The largest absolute Gasteiger partial charge is 0.435 e. The molecule has 3 aromatic rings. The average Bonchev–Trinajstić information content (AvgIpc) is 2.74. The van der Waals surface area contributed by atoms with Crippen LogP contribution in [0.3, 0.4) is 0 Å². The number of anilines is 3. The summed E-state index contributed by atoms with van der Waals surface area (Å²) in [4.78, 5) is 11.1. The monoisotopic (exact) mass is 428 g/mol. The normalized spacial score (nSPS) is 18.8. The second kappa shape index (κ2) is 9.17. The number of nitrogens with zero attached hydrogens (tertiary/aromatic N) is 5. The lowest BCUT2D eigenvalue weighted by atomic mass is 10.1. The molecule has 10 heteroatoms. The van der Waals surface area contributed by atoms with Gasteiger partial charge >= 0.3 is 6.61 Å². The maximum atomic E-state index is 12.3. The highest BCUT2D eigenvalue weighted by Gasteiger charge is 2.24. The lowest BCUT2D eigenvalue weighted by Gasteiger charge is -2.35. The first-order chi connectivity index (χ1) is 15.0. The molecule has 0 spiro atoms. The summed E-state index contributed by atoms with van der Waals surface area (Å²) in [6, 6.07) is 9.88. The Kier molecular flexibility index (Phi) is 6.17. The zero-order valence-electron chi connectivity index (χ0n) is 17.1. The van der Waals surface area contributed by atoms with E-state index in [1.807, 2.05) is 13.8 Å². The van der Waals surface area contributed by atoms with Gasteiger partial charge in [-0.3, -0.25) is 0 Å². The van der Waals surface area contributed by atoms with Crippen LogP contribution in [0, 0.1) is 0 Å². The number of hydrogen-bond donors (Lipinski definition) is 1. The van der Waals surface area contributed by atoms with Gasteiger partial charge in [-0.2, -0.15) is 18.9 Å². The van der Waals surface area contributed by atoms with Gasteiger partial charge in [0.25, 0.3) is 0 Å². The summed E-state index contributed by atoms with van der Waals surface area (Å²) in [6.07, 6.45) is 3.48. The molecule has 0 amide bonds. The lowest BCUT2D eigenvalue weighted by Crippen LogP contribution is -2.46. The summed E-state index contributed by atoms with van der Waals surface area (Å²) in [5.74, 6) is 1.80. The van der Waals surface area contributed by atoms with Crippen LogP contribution in [0.5, 0.6) is 5.75 Å². The molecule has 2 aromatic heterocycles. The summed E-state index contributed by atoms with van der Waals surface area (Å²) < 4.78 is 34.8. The fourth-order valence-electron chi connectivity index (χ4n) is 3.46. The first-order valence-corrected chi connectivity index (χ1v) is 9.85. The number of aromatic nitrogens is 4. The first kappa shape index (κ1) is 20.9. The van der Waals surface area contributed by atoms with Crippen molar-refractivity contribution in [3.8, 4) is 16.9 Å². The van der Waals surface area contributed by atoms with Crippen molar-refractivity contribution in [2.45, 2.75) is 32.7 Å². The Balaban J connectivity index is 1.49. The molecule has 0 radical (unpaired) electrons. The second-order valence-electron chi connectivity index (χ2n) is 7.26. The molecule has 0 aliphatic carbocycles. The van der Waals surface area contributed by atoms with Gasteiger partial charge in [0.05, 0.1) is 18.4 Å². The molecule has 1 N–H and O–H groups in total. The summed E-state index contributed by atoms with van der Waals surface area (Å²) in [7, 11) is 0. The third-order valence-corrected chi connectivity index (χ3v) is 4.67. The SMILES string of the molecule is C[C@@H]1CN(c2nccc(Nc3cc(-c4ccc(OC(F)F)cc4)cnn3)n2)C[C@H](C)O1. The average molecular weight is 428 g/mol. The lowest BCUT2D eigenvalue weighted by molar-refractivity contribution is -0.0498. The van der Waals surface area contributed by atoms with E-state index in [-0.39, 0.29) is 18.0 Å². The topological polar surface area (TPSA) is 85.3 Å². The van der Waals surface area contributed by atoms with Crippen molar-refractivity contribution in [3.05, 3.63) is 48.8 Å². The maximum Gasteiger partial charge on any atom is 0.387 e. The fraction of sp³-hybridized carbons (Fsp3) is 0.333. The molecule has 0 unspecified atom stereocenters. The Morgan fingerprint density at radius 3 is 2.52 bits per heavy atom. The van der Waals surface area contributed by atoms with E-state index in [0.29, 0.717) is 30.7 Å². The molecule has 1 aromatic carbocycles. The molecule has 4 rings (SSSR count). The zero-order chi connectivity index (χ0) is 21.8. The van der Waals surface area contributed by atoms with Crippen LogP contribution in [0.4, 0.5) is 26.4 Å². The highest BCUT2D eigenvalue weighted by atomic mass is 19.3. The van der Waals surface area contributed by atoms with E-state index in [2.05, 4.69) is 35.1 Å². The molecule has 1 aliphatic heterocycles. The van der Waals surface area contributed by atoms with Crippen molar-refractivity contribution < 1.29 is 18.3 Å². The number of benzene rings is 1. The van der Waals surface area contributed by atoms with E-state index in [4.69, 9.17) is 4.74 Å². The third-order valence-electron chi connectivity index (χ3n) is 4.67. The minimum absolute atomic E-state index is 0.0966. The number of ether oxygens (including phenoxy) is 2. The standard InChI is InChI=1S/C21H22F2N6O2/c1-13-11-29(12-14(2)30-13)21-24-8-7-18(27-21)26-19-9-16(10-25-28-19)15-3-5-17(6-4-15)31-20(22)23/h3-10,13-14,20H,11-12H2,1-2H3,(H,24,26,27,28)/t13-,14+. The highest BCUT2D eigenvalue weighted by molar-refractivity contribution is 5.67. The van der Waals surface area contributed by atoms with Crippen LogP contribution in [0.15, 0.2) is 48.8 Å². The molecule has 3 heterocycles. The van der Waals surface area contributed by atoms with Crippen LogP contribution in [-0.4, -0.2) is 52.1 Å². The molecule has 162 valence electrons. The second-order valence-corrected chi connectivity index (χ2v) is 7.26. The Hall–Kier alpha value is -3.40. The van der Waals surface area contributed by atoms with Crippen LogP contribution in [0.1, 0.15) is 13.8 Å². The van der Waals surface area contributed by atoms with Crippen LogP contribution in [-0.2, 0) is 4.74 Å². The van der Waals surface area contributed by atoms with Crippen LogP contribution in [0.2, 0.25) is 0 Å². The van der Waals surface area contributed by atoms with E-state index >= 15 is 0 Å². The number of nitrogens with one attached hydrogen (secondary N) is 1. The minimum atomic E-state index is -2.86. The molecule has 0 bridgehead atoms. The van der Waals surface area contributed by atoms with E-state index in [1.165, 1.54) is 12.1 Å². The zero-order valence-corrected chi connectivity index (χ0v) is 17.1. The van der Waals surface area contributed by atoms with Crippen molar-refractivity contribution in [1.29, 1.82) is 0 Å². The minimum Gasteiger partial charge on any atom is -0.435 e. The van der Waals surface area contributed by atoms with Gasteiger partial charge in [0, 0.05) is 24.8 Å². The van der Waals surface area contributed by atoms with Crippen LogP contribution in [0.25, 0.3) is 11.1 Å². The van der Waals surface area contributed by atoms with Crippen molar-refractivity contribution in [1.82, 2.24) is 20.2 Å². The highest BCUT2D eigenvalue weighted by Crippen LogP contribution is 2.25. The van der Waals surface area contributed by atoms with E-state index in [0.717, 1.165) is 11.1 Å². The van der Waals surface area contributed by atoms with Gasteiger partial charge in [-0.15, -0.1) is 5.10 Å². The summed E-state index contributed by atoms with van der Waals surface area (Å²) >= 11 is 0. The Morgan fingerprint density at radius 1 is 1.06 bits per heavy atom. The van der Waals surface area contributed by atoms with Gasteiger partial charge in [0.2, 0.25) is 5.95 Å². The maximum absolute atomic E-state index is 12.3. The van der Waals surface area contributed by atoms with Gasteiger partial charge < -0.3 is 19.7 Å². The quantitative estimate of drug-likeness (QED) is 0.633. The van der Waals surface area contributed by atoms with E-state index in [1.54, 1.807) is 36.7 Å². The van der Waals surface area contributed by atoms with E-state index < -0.39 is 6.61 Å². The number of morpholine rings is 1. The summed E-state index contributed by atoms with van der Waals surface area (Å²) in [5.41, 5.74) is 1.56. The predicted molar refractivity (Wildman–Crippen MR) is 112 cm³/mol. The molecule has 1 fully saturated rings. The fourth-order valence-corrected chi connectivity index (χ4v) is 3.46. The van der Waals surface area contributed by atoms with Gasteiger partial charge in [-0.05, 0) is 43.7 Å².